The highest BCUT2D eigenvalue weighted by molar-refractivity contribution is 6.65. The molecule has 0 radical (unpaired) electrons. The quantitative estimate of drug-likeness (QED) is 0.479. The molecular weight excluding hydrogens is 194 g/mol. The minimum atomic E-state index is 0.662. The van der Waals surface area contributed by atoms with Gasteiger partial charge in [-0.3, -0.25) is 4.99 Å². The zero-order valence-electron chi connectivity index (χ0n) is 9.18. The Hall–Kier alpha value is -0.820. The van der Waals surface area contributed by atoms with Crippen LogP contribution in [0, 0.1) is 0 Å². The molecule has 0 rings (SSSR count). The second-order valence-corrected chi connectivity index (χ2v) is 3.73. The van der Waals surface area contributed by atoms with Crippen molar-refractivity contribution in [3.63, 3.8) is 0 Å². The number of allylic oxidation sites excluding steroid dienone is 5. The summed E-state index contributed by atoms with van der Waals surface area (Å²) >= 11 is 5.80. The third kappa shape index (κ3) is 6.67. The van der Waals surface area contributed by atoms with E-state index in [2.05, 4.69) is 37.6 Å². The van der Waals surface area contributed by atoms with Crippen LogP contribution >= 0.6 is 11.6 Å². The van der Waals surface area contributed by atoms with Gasteiger partial charge in [-0.05, 0) is 25.8 Å². The number of aliphatic imine (C=N–C) groups is 1. The lowest BCUT2D eigenvalue weighted by Gasteiger charge is -1.99. The Morgan fingerprint density at radius 3 is 2.36 bits per heavy atom. The minimum absolute atomic E-state index is 0.662. The second-order valence-electron chi connectivity index (χ2n) is 3.29. The maximum atomic E-state index is 5.80. The predicted molar refractivity (Wildman–Crippen MR) is 66.2 cm³/mol. The van der Waals surface area contributed by atoms with Crippen molar-refractivity contribution in [3.8, 4) is 0 Å². The van der Waals surface area contributed by atoms with Crippen molar-refractivity contribution in [2.24, 2.45) is 4.99 Å². The van der Waals surface area contributed by atoms with Crippen LogP contribution in [0.1, 0.15) is 26.7 Å². The maximum absolute atomic E-state index is 5.80. The van der Waals surface area contributed by atoms with Crippen LogP contribution in [0.5, 0.6) is 0 Å². The zero-order valence-corrected chi connectivity index (χ0v) is 9.93. The summed E-state index contributed by atoms with van der Waals surface area (Å²) in [4.78, 5) is 3.90. The van der Waals surface area contributed by atoms with Gasteiger partial charge in [0.25, 0.3) is 0 Å². The van der Waals surface area contributed by atoms with Crippen molar-refractivity contribution < 1.29 is 0 Å². The number of halogens is 1. The summed E-state index contributed by atoms with van der Waals surface area (Å²) in [5, 5.41) is 0.662. The second kappa shape index (κ2) is 7.57. The van der Waals surface area contributed by atoms with Gasteiger partial charge in [0, 0.05) is 13.5 Å². The maximum Gasteiger partial charge on any atom is 0.100 e. The van der Waals surface area contributed by atoms with E-state index < -0.39 is 0 Å². The van der Waals surface area contributed by atoms with Crippen LogP contribution < -0.4 is 0 Å². The van der Waals surface area contributed by atoms with Crippen LogP contribution in [-0.2, 0) is 0 Å². The molecular formula is C12H18ClN. The summed E-state index contributed by atoms with van der Waals surface area (Å²) < 4.78 is 0. The van der Waals surface area contributed by atoms with Gasteiger partial charge in [-0.1, -0.05) is 42.0 Å². The van der Waals surface area contributed by atoms with Gasteiger partial charge in [0.2, 0.25) is 0 Å². The van der Waals surface area contributed by atoms with E-state index >= 15 is 0 Å². The topological polar surface area (TPSA) is 12.4 Å². The van der Waals surface area contributed by atoms with E-state index in [1.807, 2.05) is 6.08 Å². The molecule has 14 heavy (non-hydrogen) atoms. The van der Waals surface area contributed by atoms with Crippen molar-refractivity contribution >= 4 is 16.8 Å². The Balaban J connectivity index is 4.24. The van der Waals surface area contributed by atoms with E-state index in [9.17, 15) is 0 Å². The monoisotopic (exact) mass is 211 g/mol. The first kappa shape index (κ1) is 13.2. The summed E-state index contributed by atoms with van der Waals surface area (Å²) in [6, 6.07) is 0. The normalized spacial score (nSPS) is 12.6. The molecule has 78 valence electrons. The molecule has 0 aliphatic rings. The fourth-order valence-electron chi connectivity index (χ4n) is 0.886. The molecule has 0 aromatic rings. The zero-order chi connectivity index (χ0) is 11.0. The van der Waals surface area contributed by atoms with Crippen LogP contribution in [-0.4, -0.2) is 12.2 Å². The molecule has 0 fully saturated rings. The summed E-state index contributed by atoms with van der Waals surface area (Å²) in [5.74, 6) is 0. The molecule has 0 aromatic heterocycles. The number of hydrogen-bond acceptors (Lipinski definition) is 1. The number of nitrogens with zero attached hydrogens (tertiary/aromatic N) is 1. The standard InChI is InChI=1S/C12H18ClN/c1-5-11(7-6-10(2)3)8-9-12(13)14-4/h5-7H,1,8-9H2,2-4H3/b11-7+,14-12+. The molecule has 2 heteroatoms. The molecule has 0 spiro atoms. The smallest absolute Gasteiger partial charge is 0.100 e. The van der Waals surface area contributed by atoms with Gasteiger partial charge < -0.3 is 0 Å². The first-order chi connectivity index (χ1) is 6.60. The Morgan fingerprint density at radius 2 is 1.93 bits per heavy atom. The molecule has 0 amide bonds. The third-order valence-electron chi connectivity index (χ3n) is 1.76. The summed E-state index contributed by atoms with van der Waals surface area (Å²) in [5.41, 5.74) is 2.47. The first-order valence-corrected chi connectivity index (χ1v) is 5.05. The summed E-state index contributed by atoms with van der Waals surface area (Å²) in [6.45, 7) is 7.90. The van der Waals surface area contributed by atoms with Crippen molar-refractivity contribution in [2.45, 2.75) is 26.7 Å². The highest BCUT2D eigenvalue weighted by Gasteiger charge is 1.95. The van der Waals surface area contributed by atoms with E-state index in [0.29, 0.717) is 5.17 Å². The van der Waals surface area contributed by atoms with Gasteiger partial charge in [0.05, 0.1) is 0 Å². The van der Waals surface area contributed by atoms with Gasteiger partial charge in [0.1, 0.15) is 5.17 Å². The van der Waals surface area contributed by atoms with Crippen LogP contribution in [0.3, 0.4) is 0 Å². The fourth-order valence-corrected chi connectivity index (χ4v) is 0.981. The van der Waals surface area contributed by atoms with E-state index in [4.69, 9.17) is 11.6 Å². The van der Waals surface area contributed by atoms with Gasteiger partial charge >= 0.3 is 0 Å². The lowest BCUT2D eigenvalue weighted by atomic mass is 10.1. The molecule has 0 aromatic carbocycles. The summed E-state index contributed by atoms with van der Waals surface area (Å²) in [6.07, 6.45) is 7.69. The summed E-state index contributed by atoms with van der Waals surface area (Å²) in [7, 11) is 1.70. The molecule has 0 aliphatic carbocycles. The van der Waals surface area contributed by atoms with Crippen molar-refractivity contribution in [3.05, 3.63) is 36.0 Å². The van der Waals surface area contributed by atoms with Crippen molar-refractivity contribution in [1.82, 2.24) is 0 Å². The highest BCUT2D eigenvalue weighted by Crippen LogP contribution is 2.09. The fraction of sp³-hybridized carbons (Fsp3) is 0.417. The van der Waals surface area contributed by atoms with Crippen LogP contribution in [0.25, 0.3) is 0 Å². The van der Waals surface area contributed by atoms with E-state index in [1.54, 1.807) is 7.05 Å². The third-order valence-corrected chi connectivity index (χ3v) is 2.11. The largest absolute Gasteiger partial charge is 0.281 e. The number of hydrogen-bond donors (Lipinski definition) is 0. The van der Waals surface area contributed by atoms with E-state index in [1.165, 1.54) is 11.1 Å². The van der Waals surface area contributed by atoms with Crippen LogP contribution in [0.2, 0.25) is 0 Å². The lowest BCUT2D eigenvalue weighted by molar-refractivity contribution is 1.05. The van der Waals surface area contributed by atoms with E-state index in [0.717, 1.165) is 12.8 Å². The van der Waals surface area contributed by atoms with Gasteiger partial charge in [-0.2, -0.15) is 0 Å². The lowest BCUT2D eigenvalue weighted by Crippen LogP contribution is -1.88. The molecule has 0 aliphatic heterocycles. The highest BCUT2D eigenvalue weighted by atomic mass is 35.5. The molecule has 0 saturated heterocycles. The Labute approximate surface area is 91.9 Å². The van der Waals surface area contributed by atoms with Crippen molar-refractivity contribution in [1.29, 1.82) is 0 Å². The Bertz CT molecular complexity index is 268. The molecule has 0 atom stereocenters. The average Bonchev–Trinajstić information content (AvgIpc) is 2.17. The molecule has 1 nitrogen and oxygen atoms in total. The van der Waals surface area contributed by atoms with Crippen LogP contribution in [0.4, 0.5) is 0 Å². The molecule has 0 saturated carbocycles. The predicted octanol–water partition coefficient (Wildman–Crippen LogP) is 4.11. The minimum Gasteiger partial charge on any atom is -0.281 e. The SMILES string of the molecule is C=C/C(=C\C=C(C)C)CC/C(Cl)=N\C. The van der Waals surface area contributed by atoms with Crippen LogP contribution in [0.15, 0.2) is 40.9 Å². The Morgan fingerprint density at radius 1 is 1.29 bits per heavy atom. The molecule has 0 unspecified atom stereocenters. The average molecular weight is 212 g/mol. The molecule has 0 heterocycles. The van der Waals surface area contributed by atoms with Gasteiger partial charge in [-0.25, -0.2) is 0 Å². The van der Waals surface area contributed by atoms with Gasteiger partial charge in [-0.15, -0.1) is 0 Å². The van der Waals surface area contributed by atoms with Gasteiger partial charge in [0.15, 0.2) is 0 Å². The molecule has 0 N–H and O–H groups in total. The van der Waals surface area contributed by atoms with Crippen molar-refractivity contribution in [2.75, 3.05) is 7.05 Å². The molecule has 0 bridgehead atoms. The first-order valence-electron chi connectivity index (χ1n) is 4.67. The number of rotatable bonds is 5. The van der Waals surface area contributed by atoms with E-state index in [-0.39, 0.29) is 0 Å². The Kier molecular flexibility index (Phi) is 7.13.